The van der Waals surface area contributed by atoms with Crippen molar-refractivity contribution in [1.82, 2.24) is 0 Å². The maximum atomic E-state index is 12.5. The van der Waals surface area contributed by atoms with Gasteiger partial charge in [-0.3, -0.25) is 4.79 Å². The minimum atomic E-state index is -0.407. The van der Waals surface area contributed by atoms with Crippen LogP contribution in [0.2, 0.25) is 0 Å². The standard InChI is InChI=1S/C19H13NOS/c21-19(14-8-2-1-3-9-14)20-22-17-12-6-4-10-15(17)16-11-5-7-13-18(16)22/h1-13H/p+1. The van der Waals surface area contributed by atoms with Gasteiger partial charge >= 0.3 is 0 Å². The second-order valence-corrected chi connectivity index (χ2v) is 6.79. The van der Waals surface area contributed by atoms with Crippen molar-refractivity contribution in [3.63, 3.8) is 0 Å². The van der Waals surface area contributed by atoms with Gasteiger partial charge in [-0.15, -0.1) is 4.72 Å². The van der Waals surface area contributed by atoms with Crippen molar-refractivity contribution in [3.8, 4) is 0 Å². The van der Waals surface area contributed by atoms with Crippen LogP contribution >= 0.6 is 10.7 Å². The summed E-state index contributed by atoms with van der Waals surface area (Å²) in [4.78, 5) is 12.5. The van der Waals surface area contributed by atoms with Gasteiger partial charge in [0, 0.05) is 28.5 Å². The number of rotatable bonds is 2. The fourth-order valence-corrected chi connectivity index (χ4v) is 4.69. The maximum Gasteiger partial charge on any atom is 0.296 e. The number of amides is 1. The van der Waals surface area contributed by atoms with E-state index >= 15 is 0 Å². The van der Waals surface area contributed by atoms with Crippen LogP contribution in [0.15, 0.2) is 78.9 Å². The normalized spacial score (nSPS) is 10.9. The molecule has 0 saturated heterocycles. The summed E-state index contributed by atoms with van der Waals surface area (Å²) in [5.41, 5.74) is 0.692. The van der Waals surface area contributed by atoms with Crippen LogP contribution in [0.1, 0.15) is 10.4 Å². The van der Waals surface area contributed by atoms with Crippen molar-refractivity contribution in [2.45, 2.75) is 0 Å². The van der Waals surface area contributed by atoms with Crippen molar-refractivity contribution in [2.24, 2.45) is 0 Å². The average Bonchev–Trinajstić information content (AvgIpc) is 2.90. The Hall–Kier alpha value is -2.65. The third-order valence-electron chi connectivity index (χ3n) is 3.73. The second-order valence-electron chi connectivity index (χ2n) is 5.10. The summed E-state index contributed by atoms with van der Waals surface area (Å²) in [6.45, 7) is 0. The van der Waals surface area contributed by atoms with Crippen LogP contribution < -0.4 is 4.72 Å². The van der Waals surface area contributed by atoms with Crippen molar-refractivity contribution >= 4 is 36.7 Å². The molecule has 3 aromatic carbocycles. The highest BCUT2D eigenvalue weighted by Gasteiger charge is 2.23. The molecule has 4 aromatic rings. The molecule has 0 radical (unpaired) electrons. The minimum absolute atomic E-state index is 0.0320. The van der Waals surface area contributed by atoms with Gasteiger partial charge in [-0.2, -0.15) is 0 Å². The minimum Gasteiger partial charge on any atom is -0.265 e. The second kappa shape index (κ2) is 5.28. The molecule has 0 bridgehead atoms. The summed E-state index contributed by atoms with van der Waals surface area (Å²) < 4.78 is 5.57. The molecule has 4 rings (SSSR count). The number of fused-ring (bicyclic) bond motifs is 3. The predicted octanol–water partition coefficient (Wildman–Crippen LogP) is 5.13. The first-order chi connectivity index (χ1) is 10.8. The Kier molecular flexibility index (Phi) is 3.13. The molecule has 0 aliphatic carbocycles. The van der Waals surface area contributed by atoms with Crippen LogP contribution in [0.3, 0.4) is 0 Å². The fraction of sp³-hybridized carbons (Fsp3) is 0. The molecule has 0 atom stereocenters. The summed E-state index contributed by atoms with van der Waals surface area (Å²) in [5.74, 6) is -0.0320. The first-order valence-corrected chi connectivity index (χ1v) is 8.36. The van der Waals surface area contributed by atoms with Crippen LogP contribution in [-0.4, -0.2) is 5.91 Å². The third-order valence-corrected chi connectivity index (χ3v) is 5.72. The van der Waals surface area contributed by atoms with Crippen LogP contribution in [0.5, 0.6) is 0 Å². The van der Waals surface area contributed by atoms with E-state index in [1.807, 2.05) is 54.6 Å². The van der Waals surface area contributed by atoms with E-state index in [-0.39, 0.29) is 5.91 Å². The zero-order valence-electron chi connectivity index (χ0n) is 11.8. The van der Waals surface area contributed by atoms with Crippen LogP contribution in [0.4, 0.5) is 0 Å². The lowest BCUT2D eigenvalue weighted by Crippen LogP contribution is -2.10. The first-order valence-electron chi connectivity index (χ1n) is 7.13. The lowest BCUT2D eigenvalue weighted by molar-refractivity contribution is 0.103. The van der Waals surface area contributed by atoms with Crippen LogP contribution in [0.25, 0.3) is 20.2 Å². The van der Waals surface area contributed by atoms with E-state index in [9.17, 15) is 4.79 Å². The molecular weight excluding hydrogens is 290 g/mol. The SMILES string of the molecule is O=C(N[s+]1c2ccccc2c2ccccc21)c1ccccc1. The first kappa shape index (κ1) is 13.0. The molecule has 0 spiro atoms. The van der Waals surface area contributed by atoms with E-state index in [2.05, 4.69) is 29.0 Å². The highest BCUT2D eigenvalue weighted by molar-refractivity contribution is 7.45. The van der Waals surface area contributed by atoms with Crippen molar-refractivity contribution in [2.75, 3.05) is 4.72 Å². The van der Waals surface area contributed by atoms with Crippen molar-refractivity contribution < 1.29 is 4.79 Å². The maximum absolute atomic E-state index is 12.5. The van der Waals surface area contributed by atoms with E-state index < -0.39 is 10.7 Å². The van der Waals surface area contributed by atoms with Crippen molar-refractivity contribution in [1.29, 1.82) is 0 Å². The number of nitrogens with one attached hydrogen (secondary N) is 1. The average molecular weight is 304 g/mol. The smallest absolute Gasteiger partial charge is 0.265 e. The fourth-order valence-electron chi connectivity index (χ4n) is 2.70. The summed E-state index contributed by atoms with van der Waals surface area (Å²) in [6, 6.07) is 25.9. The lowest BCUT2D eigenvalue weighted by atomic mass is 10.2. The molecule has 1 N–H and O–H groups in total. The summed E-state index contributed by atoms with van der Waals surface area (Å²) in [6.07, 6.45) is 0. The van der Waals surface area contributed by atoms with Crippen LogP contribution in [-0.2, 0) is 0 Å². The number of benzene rings is 3. The van der Waals surface area contributed by atoms with Gasteiger partial charge in [-0.1, -0.05) is 42.5 Å². The Morgan fingerprint density at radius 3 is 1.77 bits per heavy atom. The zero-order chi connectivity index (χ0) is 14.9. The highest BCUT2D eigenvalue weighted by Crippen LogP contribution is 2.41. The van der Waals surface area contributed by atoms with Gasteiger partial charge in [0.05, 0.1) is 0 Å². The van der Waals surface area contributed by atoms with Gasteiger partial charge in [0.25, 0.3) is 5.91 Å². The molecule has 0 aliphatic heterocycles. The van der Waals surface area contributed by atoms with Gasteiger partial charge in [0.15, 0.2) is 0 Å². The Morgan fingerprint density at radius 2 is 1.18 bits per heavy atom. The third kappa shape index (κ3) is 2.07. The summed E-state index contributed by atoms with van der Waals surface area (Å²) in [7, 11) is -0.407. The topological polar surface area (TPSA) is 29.1 Å². The predicted molar refractivity (Wildman–Crippen MR) is 94.1 cm³/mol. The molecule has 0 saturated carbocycles. The lowest BCUT2D eigenvalue weighted by Gasteiger charge is -1.98. The number of hydrogen-bond donors (Lipinski definition) is 1. The van der Waals surface area contributed by atoms with Crippen LogP contribution in [0, 0.1) is 0 Å². The molecule has 1 aromatic heterocycles. The van der Waals surface area contributed by atoms with Gasteiger partial charge < -0.3 is 0 Å². The van der Waals surface area contributed by atoms with E-state index in [0.29, 0.717) is 5.56 Å². The van der Waals surface area contributed by atoms with Crippen molar-refractivity contribution in [3.05, 3.63) is 84.4 Å². The van der Waals surface area contributed by atoms with E-state index in [1.54, 1.807) is 0 Å². The monoisotopic (exact) mass is 304 g/mol. The quantitative estimate of drug-likeness (QED) is 0.511. The van der Waals surface area contributed by atoms with E-state index in [1.165, 1.54) is 20.2 Å². The van der Waals surface area contributed by atoms with Gasteiger partial charge in [-0.25, -0.2) is 0 Å². The molecule has 1 amide bonds. The highest BCUT2D eigenvalue weighted by atomic mass is 32.2. The Labute approximate surface area is 131 Å². The summed E-state index contributed by atoms with van der Waals surface area (Å²) in [5, 5.41) is 2.43. The molecule has 0 fully saturated rings. The molecule has 0 aliphatic rings. The molecule has 106 valence electrons. The van der Waals surface area contributed by atoms with E-state index in [0.717, 1.165) is 0 Å². The van der Waals surface area contributed by atoms with Gasteiger partial charge in [0.2, 0.25) is 9.40 Å². The van der Waals surface area contributed by atoms with Gasteiger partial charge in [-0.05, 0) is 24.3 Å². The Morgan fingerprint density at radius 1 is 0.682 bits per heavy atom. The Bertz CT molecular complexity index is 919. The zero-order valence-corrected chi connectivity index (χ0v) is 12.6. The largest absolute Gasteiger partial charge is 0.296 e. The number of hydrogen-bond acceptors (Lipinski definition) is 1. The van der Waals surface area contributed by atoms with E-state index in [4.69, 9.17) is 0 Å². The number of carbonyl (C=O) groups excluding carboxylic acids is 1. The molecule has 2 nitrogen and oxygen atoms in total. The number of carbonyl (C=O) groups is 1. The molecule has 22 heavy (non-hydrogen) atoms. The number of thiophene rings is 1. The Balaban J connectivity index is 1.88. The molecule has 0 unspecified atom stereocenters. The molecule has 3 heteroatoms. The van der Waals surface area contributed by atoms with Gasteiger partial charge in [0.1, 0.15) is 10.7 Å². The molecular formula is C19H14NOS+. The molecule has 1 heterocycles. The summed E-state index contributed by atoms with van der Waals surface area (Å²) >= 11 is 0.